The molecule has 1 aliphatic rings. The van der Waals surface area contributed by atoms with Crippen molar-refractivity contribution in [3.63, 3.8) is 0 Å². The molecule has 6 nitrogen and oxygen atoms in total. The van der Waals surface area contributed by atoms with Crippen molar-refractivity contribution < 1.29 is 13.2 Å². The first kappa shape index (κ1) is 11.4. The van der Waals surface area contributed by atoms with E-state index in [-0.39, 0.29) is 18.9 Å². The van der Waals surface area contributed by atoms with Crippen molar-refractivity contribution in [2.24, 2.45) is 5.14 Å². The lowest BCUT2D eigenvalue weighted by molar-refractivity contribution is -0.117. The number of primary sulfonamides is 1. The summed E-state index contributed by atoms with van der Waals surface area (Å²) in [6.45, 7) is 0.0819. The van der Waals surface area contributed by atoms with Crippen LogP contribution in [0.2, 0.25) is 0 Å². The number of anilines is 2. The summed E-state index contributed by atoms with van der Waals surface area (Å²) in [5.74, 6) is -0.260. The Hall–Kier alpha value is -1.12. The topological polar surface area (TPSA) is 106 Å². The van der Waals surface area contributed by atoms with Crippen LogP contribution in [0, 0.1) is 0 Å². The van der Waals surface area contributed by atoms with Gasteiger partial charge in [0.2, 0.25) is 15.9 Å². The Bertz CT molecular complexity index is 522. The number of carbonyl (C=O) groups excluding carboxylic acids is 1. The van der Waals surface area contributed by atoms with Gasteiger partial charge < -0.3 is 10.6 Å². The van der Waals surface area contributed by atoms with Crippen molar-refractivity contribution in [1.82, 2.24) is 0 Å². The highest BCUT2D eigenvalue weighted by molar-refractivity contribution is 7.89. The first-order valence-corrected chi connectivity index (χ1v) is 7.08. The van der Waals surface area contributed by atoms with Crippen molar-refractivity contribution in [1.29, 1.82) is 0 Å². The Morgan fingerprint density at radius 2 is 2.12 bits per heavy atom. The standard InChI is InChI=1S/C8H11N3O3S2/c9-6-3-15-4-7(6)11-2-5(1-8(11)12)16(10,13)14/h3-5H,1-2,9H2,(H2,10,13,14). The minimum atomic E-state index is -3.67. The molecule has 1 aromatic heterocycles. The number of carbonyl (C=O) groups is 1. The van der Waals surface area contributed by atoms with Crippen LogP contribution in [0.5, 0.6) is 0 Å². The van der Waals surface area contributed by atoms with E-state index in [1.165, 1.54) is 16.2 Å². The number of rotatable bonds is 2. The third kappa shape index (κ3) is 1.91. The average molecular weight is 261 g/mol. The van der Waals surface area contributed by atoms with E-state index in [0.717, 1.165) is 0 Å². The number of nitrogens with zero attached hydrogens (tertiary/aromatic N) is 1. The van der Waals surface area contributed by atoms with Gasteiger partial charge in [0.1, 0.15) is 5.25 Å². The van der Waals surface area contributed by atoms with Gasteiger partial charge in [-0.3, -0.25) is 4.79 Å². The molecule has 1 aliphatic heterocycles. The maximum Gasteiger partial charge on any atom is 0.228 e. The maximum absolute atomic E-state index is 11.6. The van der Waals surface area contributed by atoms with Gasteiger partial charge >= 0.3 is 0 Å². The van der Waals surface area contributed by atoms with Gasteiger partial charge in [0, 0.05) is 23.7 Å². The molecule has 2 heterocycles. The minimum Gasteiger partial charge on any atom is -0.396 e. The normalized spacial score (nSPS) is 21.7. The third-order valence-electron chi connectivity index (χ3n) is 2.52. The Balaban J connectivity index is 2.28. The zero-order valence-corrected chi connectivity index (χ0v) is 9.92. The number of hydrogen-bond acceptors (Lipinski definition) is 5. The largest absolute Gasteiger partial charge is 0.396 e. The predicted octanol–water partition coefficient (Wildman–Crippen LogP) is -0.276. The monoisotopic (exact) mass is 261 g/mol. The lowest BCUT2D eigenvalue weighted by atomic mass is 10.4. The van der Waals surface area contributed by atoms with Gasteiger partial charge in [0.25, 0.3) is 0 Å². The molecule has 4 N–H and O–H groups in total. The van der Waals surface area contributed by atoms with Crippen LogP contribution in [0.15, 0.2) is 10.8 Å². The fraction of sp³-hybridized carbons (Fsp3) is 0.375. The summed E-state index contributed by atoms with van der Waals surface area (Å²) < 4.78 is 22.3. The van der Waals surface area contributed by atoms with Crippen molar-refractivity contribution in [3.05, 3.63) is 10.8 Å². The molecule has 0 saturated carbocycles. The van der Waals surface area contributed by atoms with E-state index in [1.807, 2.05) is 0 Å². The SMILES string of the molecule is Nc1cscc1N1CC(S(N)(=O)=O)CC1=O. The van der Waals surface area contributed by atoms with Crippen molar-refractivity contribution in [3.8, 4) is 0 Å². The van der Waals surface area contributed by atoms with Gasteiger partial charge in [0.15, 0.2) is 0 Å². The summed E-state index contributed by atoms with van der Waals surface area (Å²) in [7, 11) is -3.67. The zero-order chi connectivity index (χ0) is 11.9. The van der Waals surface area contributed by atoms with Crippen LogP contribution >= 0.6 is 11.3 Å². The molecular weight excluding hydrogens is 250 g/mol. The van der Waals surface area contributed by atoms with E-state index in [2.05, 4.69) is 0 Å². The average Bonchev–Trinajstić information content (AvgIpc) is 2.70. The molecule has 1 aromatic rings. The Labute approximate surface area is 96.9 Å². The molecular formula is C8H11N3O3S2. The second-order valence-corrected chi connectivity index (χ2v) is 6.22. The van der Waals surface area contributed by atoms with Crippen LogP contribution in [-0.2, 0) is 14.8 Å². The summed E-state index contributed by atoms with van der Waals surface area (Å²) in [6.07, 6.45) is -0.0753. The minimum absolute atomic E-state index is 0.0753. The Morgan fingerprint density at radius 3 is 2.56 bits per heavy atom. The van der Waals surface area contributed by atoms with E-state index in [9.17, 15) is 13.2 Å². The molecule has 1 fully saturated rings. The highest BCUT2D eigenvalue weighted by atomic mass is 32.2. The Kier molecular flexibility index (Phi) is 2.64. The number of sulfonamides is 1. The van der Waals surface area contributed by atoms with Gasteiger partial charge in [-0.15, -0.1) is 11.3 Å². The molecule has 1 atom stereocenters. The van der Waals surface area contributed by atoms with Gasteiger partial charge in [-0.2, -0.15) is 0 Å². The first-order valence-electron chi connectivity index (χ1n) is 4.53. The van der Waals surface area contributed by atoms with Gasteiger partial charge in [0.05, 0.1) is 11.4 Å². The predicted molar refractivity (Wildman–Crippen MR) is 62.6 cm³/mol. The number of amides is 1. The third-order valence-corrected chi connectivity index (χ3v) is 4.51. The van der Waals surface area contributed by atoms with Crippen LogP contribution in [0.3, 0.4) is 0 Å². The molecule has 0 spiro atoms. The summed E-state index contributed by atoms with van der Waals surface area (Å²) in [6, 6.07) is 0. The van der Waals surface area contributed by atoms with E-state index in [1.54, 1.807) is 10.8 Å². The number of hydrogen-bond donors (Lipinski definition) is 2. The van der Waals surface area contributed by atoms with Crippen molar-refractivity contribution >= 4 is 38.6 Å². The molecule has 88 valence electrons. The van der Waals surface area contributed by atoms with E-state index < -0.39 is 15.3 Å². The van der Waals surface area contributed by atoms with Crippen LogP contribution in [0.4, 0.5) is 11.4 Å². The molecule has 8 heteroatoms. The molecule has 0 aromatic carbocycles. The summed E-state index contributed by atoms with van der Waals surface area (Å²) in [4.78, 5) is 13.0. The smallest absolute Gasteiger partial charge is 0.228 e. The first-order chi connectivity index (χ1) is 7.39. The van der Waals surface area contributed by atoms with Crippen LogP contribution in [0.1, 0.15) is 6.42 Å². The second-order valence-electron chi connectivity index (χ2n) is 3.63. The number of thiophene rings is 1. The van der Waals surface area contributed by atoms with E-state index >= 15 is 0 Å². The second kappa shape index (κ2) is 3.72. The van der Waals surface area contributed by atoms with E-state index in [4.69, 9.17) is 10.9 Å². The zero-order valence-electron chi connectivity index (χ0n) is 8.29. The van der Waals surface area contributed by atoms with Crippen LogP contribution in [0.25, 0.3) is 0 Å². The lowest BCUT2D eigenvalue weighted by Gasteiger charge is -2.15. The van der Waals surface area contributed by atoms with Crippen molar-refractivity contribution in [2.75, 3.05) is 17.2 Å². The molecule has 0 radical (unpaired) electrons. The van der Waals surface area contributed by atoms with Gasteiger partial charge in [-0.05, 0) is 0 Å². The maximum atomic E-state index is 11.6. The highest BCUT2D eigenvalue weighted by Gasteiger charge is 2.37. The number of nitrogens with two attached hydrogens (primary N) is 2. The fourth-order valence-corrected chi connectivity index (χ4v) is 3.11. The van der Waals surface area contributed by atoms with Crippen molar-refractivity contribution in [2.45, 2.75) is 11.7 Å². The Morgan fingerprint density at radius 1 is 1.44 bits per heavy atom. The summed E-state index contributed by atoms with van der Waals surface area (Å²) in [5, 5.41) is 7.61. The summed E-state index contributed by atoms with van der Waals surface area (Å²) in [5.41, 5.74) is 6.72. The number of nitrogen functional groups attached to an aromatic ring is 1. The molecule has 16 heavy (non-hydrogen) atoms. The summed E-state index contributed by atoms with van der Waals surface area (Å²) >= 11 is 1.36. The quantitative estimate of drug-likeness (QED) is 0.763. The van der Waals surface area contributed by atoms with Gasteiger partial charge in [-0.25, -0.2) is 13.6 Å². The van der Waals surface area contributed by atoms with Gasteiger partial charge in [-0.1, -0.05) is 0 Å². The fourth-order valence-electron chi connectivity index (χ4n) is 1.65. The molecule has 0 aliphatic carbocycles. The lowest BCUT2D eigenvalue weighted by Crippen LogP contribution is -2.32. The molecule has 1 unspecified atom stereocenters. The molecule has 1 saturated heterocycles. The molecule has 0 bridgehead atoms. The van der Waals surface area contributed by atoms with Crippen LogP contribution < -0.4 is 15.8 Å². The molecule has 2 rings (SSSR count). The highest BCUT2D eigenvalue weighted by Crippen LogP contribution is 2.31. The molecule has 1 amide bonds. The van der Waals surface area contributed by atoms with E-state index in [0.29, 0.717) is 11.4 Å². The van der Waals surface area contributed by atoms with Crippen LogP contribution in [-0.4, -0.2) is 26.1 Å².